The van der Waals surface area contributed by atoms with E-state index in [4.69, 9.17) is 42.0 Å². The molecule has 24 nitrogen and oxygen atoms in total. The highest BCUT2D eigenvalue weighted by atomic mass is 35.5. The molecule has 6 aromatic carbocycles. The minimum atomic E-state index is -1.24. The molecule has 9 aromatic rings. The monoisotopic (exact) mass is 1410 g/mol. The fourth-order valence-electron chi connectivity index (χ4n) is 13.5. The third kappa shape index (κ3) is 15.6. The summed E-state index contributed by atoms with van der Waals surface area (Å²) in [6, 6.07) is 35.4. The first-order valence-corrected chi connectivity index (χ1v) is 35.1. The molecule has 0 spiro atoms. The van der Waals surface area contributed by atoms with Crippen LogP contribution in [0.3, 0.4) is 0 Å². The third-order valence-corrected chi connectivity index (χ3v) is 20.4. The van der Waals surface area contributed by atoms with E-state index in [0.29, 0.717) is 50.5 Å². The van der Waals surface area contributed by atoms with Gasteiger partial charge in [0.2, 0.25) is 5.91 Å². The number of aryl methyl sites for hydroxylation is 1. The van der Waals surface area contributed by atoms with Crippen LogP contribution in [0, 0.1) is 12.8 Å². The van der Waals surface area contributed by atoms with Gasteiger partial charge in [0.1, 0.15) is 49.0 Å². The molecule has 12 rings (SSSR count). The normalized spacial score (nSPS) is 14.6. The Bertz CT molecular complexity index is 4580. The number of fused-ring (bicyclic) bond motifs is 8. The summed E-state index contributed by atoms with van der Waals surface area (Å²) in [5.74, 6) is -1.91. The van der Waals surface area contributed by atoms with Crippen molar-refractivity contribution in [3.63, 3.8) is 0 Å². The van der Waals surface area contributed by atoms with Crippen molar-refractivity contribution in [3.8, 4) is 22.6 Å². The number of anilines is 3. The number of hydrogen-bond acceptors (Lipinski definition) is 14. The van der Waals surface area contributed by atoms with Gasteiger partial charge >= 0.3 is 24.3 Å². The van der Waals surface area contributed by atoms with Crippen LogP contribution >= 0.6 is 22.9 Å². The number of urea groups is 1. The van der Waals surface area contributed by atoms with Gasteiger partial charge < -0.3 is 71.0 Å². The van der Waals surface area contributed by atoms with E-state index >= 15 is 0 Å². The zero-order chi connectivity index (χ0) is 71.2. The van der Waals surface area contributed by atoms with Crippen LogP contribution in [0.5, 0.6) is 11.5 Å². The van der Waals surface area contributed by atoms with Crippen molar-refractivity contribution in [2.24, 2.45) is 17.4 Å². The molecule has 0 unspecified atom stereocenters. The number of halogens is 1. The predicted octanol–water partition coefficient (Wildman–Crippen LogP) is 11.8. The minimum absolute atomic E-state index is 0.00116. The second-order valence-electron chi connectivity index (χ2n) is 26.1. The number of nitrogens with zero attached hydrogens (tertiary/aromatic N) is 5. The first-order valence-electron chi connectivity index (χ1n) is 33.7. The van der Waals surface area contributed by atoms with Crippen LogP contribution in [0.15, 0.2) is 133 Å². The molecule has 101 heavy (non-hydrogen) atoms. The van der Waals surface area contributed by atoms with Crippen LogP contribution < -0.4 is 46.7 Å². The molecular weight excluding hydrogens is 1330 g/mol. The van der Waals surface area contributed by atoms with Crippen LogP contribution in [0.1, 0.15) is 100 Å². The van der Waals surface area contributed by atoms with Crippen molar-refractivity contribution in [2.45, 2.75) is 77.0 Å². The Morgan fingerprint density at radius 1 is 0.772 bits per heavy atom. The number of nitrogens with one attached hydrogen (secondary N) is 5. The lowest BCUT2D eigenvalue weighted by molar-refractivity contribution is -0.126. The summed E-state index contributed by atoms with van der Waals surface area (Å²) in [5, 5.41) is 12.6. The Morgan fingerprint density at radius 2 is 1.44 bits per heavy atom. The Labute approximate surface area is 592 Å². The lowest BCUT2D eigenvalue weighted by Crippen LogP contribution is -2.57. The average molecular weight is 1410 g/mol. The maximum Gasteiger partial charge on any atom is 0.415 e. The number of ether oxygens (including phenoxy) is 4. The number of likely N-dealkylation sites (N-methyl/N-ethyl adjacent to an activating group) is 2. The second-order valence-corrected chi connectivity index (χ2v) is 27.3. The van der Waals surface area contributed by atoms with Crippen LogP contribution in [0.4, 0.5) is 36.2 Å². The first-order chi connectivity index (χ1) is 48.7. The number of alkyl carbamates (subject to hydrolysis) is 1. The molecule has 0 saturated carbocycles. The lowest BCUT2D eigenvalue weighted by Gasteiger charge is -2.34. The number of rotatable bonds is 26. The molecule has 9 amide bonds. The van der Waals surface area contributed by atoms with E-state index in [9.17, 15) is 38.4 Å². The van der Waals surface area contributed by atoms with E-state index in [0.717, 1.165) is 75.1 Å². The molecule has 0 radical (unpaired) electrons. The standard InChI is InChI=1S/C75H81ClN12O12S/c1-43(2)66(83-73(94)98-41-56-54-15-8-6-13-52(54)53-14-7-9-16-55(53)56)71(92)88(61(68(77)89)17-12-26-79-72(78)93)50-21-18-45(19-22-50)40-99-74(95)84(4)29-30-85(5)75(96)100-63-37-62-65(64-44(3)42-101-67(63)64)48(38-76)39-87(62)70(91)60-36-46-33-49(20-24-57(46)82-60)80-69(90)59-35-47-34-51(23-25-58(47)81-59)97-32-31-86-27-10-11-28-86/h6-9,13-16,18-25,33-37,42-43,48,56,61,66,81-82H,10-12,17,26-32,38-41H2,1-5H3,(H2,77,89)(H,80,90)(H,83,94)(H3,78,79,93)/t48-,61+,66+/m1/s1. The Hall–Kier alpha value is -10.6. The van der Waals surface area contributed by atoms with Crippen molar-refractivity contribution in [2.75, 3.05) is 94.1 Å². The van der Waals surface area contributed by atoms with E-state index in [1.807, 2.05) is 79.0 Å². The molecule has 5 heterocycles. The Morgan fingerprint density at radius 3 is 2.12 bits per heavy atom. The van der Waals surface area contributed by atoms with Crippen molar-refractivity contribution >= 4 is 120 Å². The maximum atomic E-state index is 14.9. The molecule has 26 heteroatoms. The van der Waals surface area contributed by atoms with Gasteiger partial charge in [0, 0.05) is 109 Å². The molecule has 1 aliphatic carbocycles. The van der Waals surface area contributed by atoms with Gasteiger partial charge in [0.05, 0.1) is 10.4 Å². The van der Waals surface area contributed by atoms with Gasteiger partial charge in [-0.05, 0) is 157 Å². The highest BCUT2D eigenvalue weighted by Crippen LogP contribution is 2.50. The van der Waals surface area contributed by atoms with E-state index in [-0.39, 0.29) is 93.2 Å². The minimum Gasteiger partial charge on any atom is -0.492 e. The molecule has 526 valence electrons. The SMILES string of the molecule is Cc1csc2c(OC(=O)N(C)CCN(C)C(=O)OCc3ccc(N(C(=O)[C@@H](NC(=O)OCC4c5ccccc5-c5ccccc54)C(C)C)[C@@H](CCCNC(N)=O)C(N)=O)cc3)cc3c(c12)[C@H](CCl)CN3C(=O)c1cc2cc(NC(=O)c3cc4cc(OCCN5CCCC5)ccc4[nH]3)ccc2[nH]1. The number of nitrogens with two attached hydrogens (primary N) is 2. The van der Waals surface area contributed by atoms with Crippen molar-refractivity contribution < 1.29 is 57.3 Å². The smallest absolute Gasteiger partial charge is 0.415 e. The van der Waals surface area contributed by atoms with Gasteiger partial charge in [0.25, 0.3) is 17.7 Å². The van der Waals surface area contributed by atoms with Gasteiger partial charge in [-0.25, -0.2) is 19.2 Å². The molecule has 0 bridgehead atoms. The van der Waals surface area contributed by atoms with Crippen molar-refractivity contribution in [1.29, 1.82) is 0 Å². The number of alkyl halides is 1. The quantitative estimate of drug-likeness (QED) is 0.0196. The highest BCUT2D eigenvalue weighted by molar-refractivity contribution is 7.17. The third-order valence-electron chi connectivity index (χ3n) is 18.9. The maximum absolute atomic E-state index is 14.9. The van der Waals surface area contributed by atoms with Crippen molar-refractivity contribution in [3.05, 3.63) is 172 Å². The number of carbonyl (C=O) groups is 8. The zero-order valence-corrected chi connectivity index (χ0v) is 58.3. The topological polar surface area (TPSA) is 309 Å². The van der Waals surface area contributed by atoms with Crippen LogP contribution in [-0.4, -0.2) is 164 Å². The molecular formula is C75H81ClN12O12S. The van der Waals surface area contributed by atoms with Gasteiger partial charge in [-0.3, -0.25) is 29.0 Å². The van der Waals surface area contributed by atoms with Gasteiger partial charge in [-0.15, -0.1) is 22.9 Å². The average Bonchev–Trinajstić information content (AvgIpc) is 1.58. The van der Waals surface area contributed by atoms with Crippen LogP contribution in [-0.2, 0) is 25.7 Å². The molecule has 1 fully saturated rings. The molecule has 3 aliphatic rings. The number of amides is 9. The Balaban J connectivity index is 0.663. The number of thiophene rings is 1. The lowest BCUT2D eigenvalue weighted by atomic mass is 9.97. The molecule has 2 aliphatic heterocycles. The van der Waals surface area contributed by atoms with E-state index < -0.39 is 54.1 Å². The number of likely N-dealkylation sites (tertiary alicyclic amines) is 1. The van der Waals surface area contributed by atoms with E-state index in [1.54, 1.807) is 86.5 Å². The van der Waals surface area contributed by atoms with E-state index in [2.05, 4.69) is 30.8 Å². The number of aromatic amines is 2. The summed E-state index contributed by atoms with van der Waals surface area (Å²) >= 11 is 8.08. The number of benzene rings is 6. The fraction of sp³-hybridized carbons (Fsp3) is 0.333. The number of carbonyl (C=O) groups excluding carboxylic acids is 8. The molecule has 3 aromatic heterocycles. The van der Waals surface area contributed by atoms with Crippen LogP contribution in [0.2, 0.25) is 0 Å². The zero-order valence-electron chi connectivity index (χ0n) is 56.8. The van der Waals surface area contributed by atoms with Crippen LogP contribution in [0.25, 0.3) is 43.0 Å². The van der Waals surface area contributed by atoms with Gasteiger partial charge in [0.15, 0.2) is 5.75 Å². The van der Waals surface area contributed by atoms with Crippen molar-refractivity contribution in [1.82, 2.24) is 35.3 Å². The highest BCUT2D eigenvalue weighted by Gasteiger charge is 2.39. The number of hydrogen-bond donors (Lipinski definition) is 7. The summed E-state index contributed by atoms with van der Waals surface area (Å²) < 4.78 is 24.4. The summed E-state index contributed by atoms with van der Waals surface area (Å²) in [6.45, 7) is 9.36. The summed E-state index contributed by atoms with van der Waals surface area (Å²) in [4.78, 5) is 124. The second kappa shape index (κ2) is 30.9. The summed E-state index contributed by atoms with van der Waals surface area (Å²) in [7, 11) is 3.06. The van der Waals surface area contributed by atoms with Gasteiger partial charge in [-0.1, -0.05) is 74.5 Å². The molecule has 9 N–H and O–H groups in total. The summed E-state index contributed by atoms with van der Waals surface area (Å²) in [5.41, 5.74) is 21.3. The summed E-state index contributed by atoms with van der Waals surface area (Å²) in [6.07, 6.45) is 0.426. The molecule has 1 saturated heterocycles. The number of primary amides is 2. The fourth-order valence-corrected chi connectivity index (χ4v) is 14.8. The first kappa shape index (κ1) is 70.2. The number of H-pyrrole nitrogens is 2. The van der Waals surface area contributed by atoms with E-state index in [1.165, 1.54) is 45.9 Å². The Kier molecular flexibility index (Phi) is 21.5. The van der Waals surface area contributed by atoms with Gasteiger partial charge in [-0.2, -0.15) is 0 Å². The molecule has 3 atom stereocenters. The predicted molar refractivity (Wildman–Crippen MR) is 389 cm³/mol. The largest absolute Gasteiger partial charge is 0.492 e. The number of aromatic nitrogens is 2.